The highest BCUT2D eigenvalue weighted by molar-refractivity contribution is 7.16. The molecule has 6 heteroatoms. The molecule has 1 aliphatic rings. The average molecular weight is 327 g/mol. The van der Waals surface area contributed by atoms with Crippen molar-refractivity contribution in [1.29, 1.82) is 0 Å². The molecule has 1 saturated carbocycles. The molecule has 0 aliphatic heterocycles. The molecule has 1 heterocycles. The minimum atomic E-state index is -0.0448. The molecule has 0 spiro atoms. The Morgan fingerprint density at radius 2 is 2.25 bits per heavy atom. The van der Waals surface area contributed by atoms with Crippen LogP contribution in [0.2, 0.25) is 10.0 Å². The van der Waals surface area contributed by atoms with Crippen molar-refractivity contribution in [2.45, 2.75) is 19.4 Å². The second-order valence-electron chi connectivity index (χ2n) is 4.72. The standard InChI is InChI=1S/C14H12Cl2N2OS/c1-2-7-18-12-10(6-5-9(15)11(12)16)20-14(18)17-13(19)8-3-4-8/h2,5-6,8H,1,3-4,7H2. The third-order valence-electron chi connectivity index (χ3n) is 3.18. The van der Waals surface area contributed by atoms with Crippen molar-refractivity contribution in [3.63, 3.8) is 0 Å². The number of hydrogen-bond acceptors (Lipinski definition) is 2. The van der Waals surface area contributed by atoms with E-state index in [-0.39, 0.29) is 11.8 Å². The molecule has 0 bridgehead atoms. The van der Waals surface area contributed by atoms with Crippen LogP contribution in [0.3, 0.4) is 0 Å². The van der Waals surface area contributed by atoms with E-state index < -0.39 is 0 Å². The summed E-state index contributed by atoms with van der Waals surface area (Å²) in [6.45, 7) is 4.28. The van der Waals surface area contributed by atoms with Gasteiger partial charge < -0.3 is 4.57 Å². The number of allylic oxidation sites excluding steroid dienone is 1. The topological polar surface area (TPSA) is 34.4 Å². The monoisotopic (exact) mass is 326 g/mol. The molecular weight excluding hydrogens is 315 g/mol. The van der Waals surface area contributed by atoms with Crippen LogP contribution in [0.1, 0.15) is 12.8 Å². The number of thiazole rings is 1. The van der Waals surface area contributed by atoms with Gasteiger partial charge in [0.2, 0.25) is 0 Å². The Morgan fingerprint density at radius 3 is 2.90 bits per heavy atom. The third-order valence-corrected chi connectivity index (χ3v) is 5.02. The third kappa shape index (κ3) is 2.43. The molecule has 0 atom stereocenters. The Labute approximate surface area is 130 Å². The number of carbonyl (C=O) groups excluding carboxylic acids is 1. The van der Waals surface area contributed by atoms with Crippen molar-refractivity contribution in [2.24, 2.45) is 10.9 Å². The van der Waals surface area contributed by atoms with Crippen LogP contribution in [-0.4, -0.2) is 10.5 Å². The van der Waals surface area contributed by atoms with Crippen molar-refractivity contribution in [3.8, 4) is 0 Å². The lowest BCUT2D eigenvalue weighted by Gasteiger charge is -2.03. The number of fused-ring (bicyclic) bond motifs is 1. The SMILES string of the molecule is C=CCn1c(=NC(=O)C2CC2)sc2ccc(Cl)c(Cl)c21. The number of hydrogen-bond donors (Lipinski definition) is 0. The van der Waals surface area contributed by atoms with E-state index in [1.165, 1.54) is 11.3 Å². The maximum atomic E-state index is 11.9. The van der Waals surface area contributed by atoms with Crippen LogP contribution in [0.5, 0.6) is 0 Å². The van der Waals surface area contributed by atoms with Gasteiger partial charge in [0, 0.05) is 12.5 Å². The quantitative estimate of drug-likeness (QED) is 0.784. The van der Waals surface area contributed by atoms with E-state index in [1.807, 2.05) is 10.6 Å². The largest absolute Gasteiger partial charge is 0.311 e. The van der Waals surface area contributed by atoms with Crippen LogP contribution < -0.4 is 4.80 Å². The van der Waals surface area contributed by atoms with E-state index in [4.69, 9.17) is 23.2 Å². The molecule has 2 aromatic rings. The molecule has 1 amide bonds. The lowest BCUT2D eigenvalue weighted by atomic mass is 10.3. The minimum absolute atomic E-state index is 0.0448. The zero-order valence-electron chi connectivity index (χ0n) is 10.6. The highest BCUT2D eigenvalue weighted by Crippen LogP contribution is 2.33. The fraction of sp³-hybridized carbons (Fsp3) is 0.286. The molecule has 3 rings (SSSR count). The van der Waals surface area contributed by atoms with Gasteiger partial charge in [-0.25, -0.2) is 0 Å². The average Bonchev–Trinajstić information content (AvgIpc) is 3.21. The number of nitrogens with zero attached hydrogens (tertiary/aromatic N) is 2. The highest BCUT2D eigenvalue weighted by Gasteiger charge is 2.29. The first-order valence-corrected chi connectivity index (χ1v) is 7.86. The molecular formula is C14H12Cl2N2OS. The first kappa shape index (κ1) is 13.9. The van der Waals surface area contributed by atoms with Gasteiger partial charge in [-0.05, 0) is 25.0 Å². The van der Waals surface area contributed by atoms with Gasteiger partial charge in [-0.15, -0.1) is 6.58 Å². The predicted octanol–water partition coefficient (Wildman–Crippen LogP) is 4.03. The molecule has 0 radical (unpaired) electrons. The maximum absolute atomic E-state index is 11.9. The summed E-state index contributed by atoms with van der Waals surface area (Å²) in [6, 6.07) is 3.65. The molecule has 1 aliphatic carbocycles. The molecule has 3 nitrogen and oxygen atoms in total. The van der Waals surface area contributed by atoms with Crippen molar-refractivity contribution in [3.05, 3.63) is 39.6 Å². The lowest BCUT2D eigenvalue weighted by Crippen LogP contribution is -2.16. The normalized spacial score (nSPS) is 15.8. The molecule has 1 aromatic carbocycles. The second-order valence-corrected chi connectivity index (χ2v) is 6.51. The molecule has 0 saturated heterocycles. The van der Waals surface area contributed by atoms with E-state index in [1.54, 1.807) is 12.1 Å². The fourth-order valence-corrected chi connectivity index (χ4v) is 3.53. The van der Waals surface area contributed by atoms with Gasteiger partial charge in [0.05, 0.1) is 20.3 Å². The fourth-order valence-electron chi connectivity index (χ4n) is 2.00. The Morgan fingerprint density at radius 1 is 1.50 bits per heavy atom. The van der Waals surface area contributed by atoms with Crippen molar-refractivity contribution in [1.82, 2.24) is 4.57 Å². The van der Waals surface area contributed by atoms with Crippen molar-refractivity contribution >= 4 is 50.7 Å². The number of aromatic nitrogens is 1. The van der Waals surface area contributed by atoms with Gasteiger partial charge in [0.15, 0.2) is 4.80 Å². The van der Waals surface area contributed by atoms with Crippen LogP contribution in [-0.2, 0) is 11.3 Å². The summed E-state index contributed by atoms with van der Waals surface area (Å²) in [5, 5.41) is 0.984. The van der Waals surface area contributed by atoms with E-state index in [9.17, 15) is 4.79 Å². The molecule has 0 unspecified atom stereocenters. The molecule has 0 N–H and O–H groups in total. The van der Waals surface area contributed by atoms with E-state index >= 15 is 0 Å². The molecule has 104 valence electrons. The molecule has 1 fully saturated rings. The first-order valence-electron chi connectivity index (χ1n) is 6.28. The summed E-state index contributed by atoms with van der Waals surface area (Å²) in [5.74, 6) is 0.0630. The first-order chi connectivity index (χ1) is 9.61. The Bertz CT molecular complexity index is 771. The predicted molar refractivity (Wildman–Crippen MR) is 83.3 cm³/mol. The van der Waals surface area contributed by atoms with Crippen molar-refractivity contribution in [2.75, 3.05) is 0 Å². The molecule has 20 heavy (non-hydrogen) atoms. The van der Waals surface area contributed by atoms with Crippen LogP contribution in [0.25, 0.3) is 10.2 Å². The second kappa shape index (κ2) is 5.35. The van der Waals surface area contributed by atoms with Gasteiger partial charge in [0.25, 0.3) is 5.91 Å². The summed E-state index contributed by atoms with van der Waals surface area (Å²) >= 11 is 13.8. The zero-order chi connectivity index (χ0) is 14.3. The van der Waals surface area contributed by atoms with E-state index in [2.05, 4.69) is 11.6 Å². The van der Waals surface area contributed by atoms with Gasteiger partial charge in [-0.1, -0.05) is 40.6 Å². The Kier molecular flexibility index (Phi) is 3.71. The van der Waals surface area contributed by atoms with Gasteiger partial charge >= 0.3 is 0 Å². The Balaban J connectivity index is 2.25. The van der Waals surface area contributed by atoms with Gasteiger partial charge in [-0.3, -0.25) is 4.79 Å². The smallest absolute Gasteiger partial charge is 0.251 e. The van der Waals surface area contributed by atoms with E-state index in [0.717, 1.165) is 23.1 Å². The zero-order valence-corrected chi connectivity index (χ0v) is 12.9. The van der Waals surface area contributed by atoms with Crippen LogP contribution in [0.15, 0.2) is 29.8 Å². The maximum Gasteiger partial charge on any atom is 0.251 e. The number of halogens is 2. The minimum Gasteiger partial charge on any atom is -0.311 e. The lowest BCUT2D eigenvalue weighted by molar-refractivity contribution is -0.119. The summed E-state index contributed by atoms with van der Waals surface area (Å²) < 4.78 is 2.85. The van der Waals surface area contributed by atoms with Crippen LogP contribution >= 0.6 is 34.5 Å². The summed E-state index contributed by atoms with van der Waals surface area (Å²) in [7, 11) is 0. The number of rotatable bonds is 3. The summed E-state index contributed by atoms with van der Waals surface area (Å²) in [5.41, 5.74) is 0.811. The van der Waals surface area contributed by atoms with Crippen molar-refractivity contribution < 1.29 is 4.79 Å². The van der Waals surface area contributed by atoms with Gasteiger partial charge in [-0.2, -0.15) is 4.99 Å². The molecule has 1 aromatic heterocycles. The highest BCUT2D eigenvalue weighted by atomic mass is 35.5. The van der Waals surface area contributed by atoms with Gasteiger partial charge in [0.1, 0.15) is 0 Å². The number of benzene rings is 1. The van der Waals surface area contributed by atoms with Crippen LogP contribution in [0, 0.1) is 5.92 Å². The number of amides is 1. The van der Waals surface area contributed by atoms with E-state index in [0.29, 0.717) is 21.4 Å². The summed E-state index contributed by atoms with van der Waals surface area (Å²) in [4.78, 5) is 16.8. The summed E-state index contributed by atoms with van der Waals surface area (Å²) in [6.07, 6.45) is 3.65. The van der Waals surface area contributed by atoms with Crippen LogP contribution in [0.4, 0.5) is 0 Å². The Hall–Kier alpha value is -1.10. The number of carbonyl (C=O) groups is 1.